The number of hydrogen-bond donors (Lipinski definition) is 2. The van der Waals surface area contributed by atoms with Crippen LogP contribution in [0.15, 0.2) is 42.5 Å². The van der Waals surface area contributed by atoms with Gasteiger partial charge in [-0.15, -0.1) is 12.4 Å². The summed E-state index contributed by atoms with van der Waals surface area (Å²) >= 11 is 0. The van der Waals surface area contributed by atoms with Crippen LogP contribution in [0.4, 0.5) is 5.69 Å². The van der Waals surface area contributed by atoms with Gasteiger partial charge in [0.2, 0.25) is 0 Å². The third-order valence-corrected chi connectivity index (χ3v) is 3.69. The molecule has 0 aliphatic carbocycles. The van der Waals surface area contributed by atoms with Crippen LogP contribution in [0.3, 0.4) is 0 Å². The molecule has 0 spiro atoms. The van der Waals surface area contributed by atoms with Crippen LogP contribution in [0, 0.1) is 6.92 Å². The Kier molecular flexibility index (Phi) is 8.81. The lowest BCUT2D eigenvalue weighted by molar-refractivity contribution is 0.0934. The molecule has 0 aliphatic heterocycles. The highest BCUT2D eigenvalue weighted by Gasteiger charge is 2.08. The number of hydrogen-bond acceptors (Lipinski definition) is 4. The summed E-state index contributed by atoms with van der Waals surface area (Å²) < 4.78 is 10.7. The fourth-order valence-electron chi connectivity index (χ4n) is 2.27. The van der Waals surface area contributed by atoms with E-state index in [0.29, 0.717) is 31.0 Å². The Morgan fingerprint density at radius 1 is 1.16 bits per heavy atom. The fraction of sp³-hybridized carbons (Fsp3) is 0.316. The first-order valence-corrected chi connectivity index (χ1v) is 7.95. The first-order valence-electron chi connectivity index (χ1n) is 7.95. The zero-order valence-electron chi connectivity index (χ0n) is 14.6. The zero-order chi connectivity index (χ0) is 17.4. The predicted octanol–water partition coefficient (Wildman–Crippen LogP) is 3.34. The van der Waals surface area contributed by atoms with E-state index in [1.54, 1.807) is 19.2 Å². The Balaban J connectivity index is 0.00000312. The maximum atomic E-state index is 12.1. The maximum absolute atomic E-state index is 12.1. The van der Waals surface area contributed by atoms with E-state index in [1.165, 1.54) is 0 Å². The molecule has 2 rings (SSSR count). The molecular formula is C19H25ClN2O3. The molecule has 136 valence electrons. The number of nitrogens with two attached hydrogens (primary N) is 1. The lowest BCUT2D eigenvalue weighted by Gasteiger charge is -2.09. The summed E-state index contributed by atoms with van der Waals surface area (Å²) in [5, 5.41) is 2.89. The van der Waals surface area contributed by atoms with Crippen molar-refractivity contribution in [3.8, 4) is 5.75 Å². The summed E-state index contributed by atoms with van der Waals surface area (Å²) in [4.78, 5) is 12.1. The second-order valence-corrected chi connectivity index (χ2v) is 5.58. The van der Waals surface area contributed by atoms with Crippen molar-refractivity contribution in [1.82, 2.24) is 5.32 Å². The van der Waals surface area contributed by atoms with Crippen LogP contribution < -0.4 is 15.8 Å². The van der Waals surface area contributed by atoms with Gasteiger partial charge in [0.05, 0.1) is 13.7 Å². The molecule has 0 heterocycles. The first-order chi connectivity index (χ1) is 11.6. The van der Waals surface area contributed by atoms with Gasteiger partial charge in [0.25, 0.3) is 5.91 Å². The third kappa shape index (κ3) is 6.64. The first kappa shape index (κ1) is 20.8. The molecule has 0 radical (unpaired) electrons. The minimum absolute atomic E-state index is 0. The van der Waals surface area contributed by atoms with Crippen molar-refractivity contribution in [2.45, 2.75) is 20.0 Å². The summed E-state index contributed by atoms with van der Waals surface area (Å²) in [7, 11) is 1.64. The second kappa shape index (κ2) is 10.6. The summed E-state index contributed by atoms with van der Waals surface area (Å²) in [6.45, 7) is 3.59. The zero-order valence-corrected chi connectivity index (χ0v) is 15.4. The quantitative estimate of drug-likeness (QED) is 0.556. The monoisotopic (exact) mass is 364 g/mol. The molecule has 0 saturated heterocycles. The largest absolute Gasteiger partial charge is 0.497 e. The Morgan fingerprint density at radius 2 is 1.88 bits per heavy atom. The Bertz CT molecular complexity index is 675. The summed E-state index contributed by atoms with van der Waals surface area (Å²) in [5.74, 6) is 0.730. The number of amides is 1. The molecule has 2 aromatic rings. The molecule has 0 saturated carbocycles. The molecule has 0 unspecified atom stereocenters. The Morgan fingerprint density at radius 3 is 2.56 bits per heavy atom. The van der Waals surface area contributed by atoms with Gasteiger partial charge >= 0.3 is 0 Å². The molecule has 25 heavy (non-hydrogen) atoms. The fourth-order valence-corrected chi connectivity index (χ4v) is 2.27. The average molecular weight is 365 g/mol. The third-order valence-electron chi connectivity index (χ3n) is 3.69. The molecule has 5 nitrogen and oxygen atoms in total. The number of nitrogen functional groups attached to an aromatic ring is 1. The molecule has 0 bridgehead atoms. The van der Waals surface area contributed by atoms with Gasteiger partial charge in [-0.25, -0.2) is 0 Å². The second-order valence-electron chi connectivity index (χ2n) is 5.58. The number of anilines is 1. The van der Waals surface area contributed by atoms with Gasteiger partial charge in [0.1, 0.15) is 5.75 Å². The number of aryl methyl sites for hydroxylation is 1. The van der Waals surface area contributed by atoms with Crippen LogP contribution in [0.1, 0.15) is 27.9 Å². The van der Waals surface area contributed by atoms with Gasteiger partial charge in [-0.3, -0.25) is 4.79 Å². The van der Waals surface area contributed by atoms with Gasteiger partial charge in [-0.1, -0.05) is 18.2 Å². The van der Waals surface area contributed by atoms with Crippen LogP contribution >= 0.6 is 12.4 Å². The van der Waals surface area contributed by atoms with Crippen LogP contribution in [0.5, 0.6) is 5.75 Å². The SMILES string of the molecule is COc1ccc(COCCCNC(=O)c2cc(N)ccc2C)cc1.Cl. The molecule has 0 aliphatic rings. The van der Waals surface area contributed by atoms with Gasteiger partial charge < -0.3 is 20.5 Å². The normalized spacial score (nSPS) is 10.0. The van der Waals surface area contributed by atoms with Crippen molar-refractivity contribution < 1.29 is 14.3 Å². The number of halogens is 1. The summed E-state index contributed by atoms with van der Waals surface area (Å²) in [6.07, 6.45) is 0.753. The molecule has 1 amide bonds. The Hall–Kier alpha value is -2.24. The molecule has 0 aromatic heterocycles. The highest BCUT2D eigenvalue weighted by atomic mass is 35.5. The van der Waals surface area contributed by atoms with Gasteiger partial charge in [0.15, 0.2) is 0 Å². The molecule has 2 aromatic carbocycles. The van der Waals surface area contributed by atoms with E-state index in [0.717, 1.165) is 23.3 Å². The molecule has 0 fully saturated rings. The minimum Gasteiger partial charge on any atom is -0.497 e. The molecule has 6 heteroatoms. The number of nitrogens with one attached hydrogen (secondary N) is 1. The van der Waals surface area contributed by atoms with E-state index in [1.807, 2.05) is 37.3 Å². The number of carbonyl (C=O) groups excluding carboxylic acids is 1. The minimum atomic E-state index is -0.102. The van der Waals surface area contributed by atoms with Gasteiger partial charge in [-0.2, -0.15) is 0 Å². The van der Waals surface area contributed by atoms with E-state index in [-0.39, 0.29) is 18.3 Å². The predicted molar refractivity (Wildman–Crippen MR) is 102 cm³/mol. The van der Waals surface area contributed by atoms with Gasteiger partial charge in [-0.05, 0) is 48.7 Å². The topological polar surface area (TPSA) is 73.6 Å². The summed E-state index contributed by atoms with van der Waals surface area (Å²) in [5.41, 5.74) is 8.94. The van der Waals surface area contributed by atoms with Crippen molar-refractivity contribution in [2.75, 3.05) is 26.0 Å². The van der Waals surface area contributed by atoms with Crippen molar-refractivity contribution >= 4 is 24.0 Å². The number of ether oxygens (including phenoxy) is 2. The number of carbonyl (C=O) groups is 1. The highest BCUT2D eigenvalue weighted by Crippen LogP contribution is 2.13. The number of rotatable bonds is 8. The van der Waals surface area contributed by atoms with E-state index in [9.17, 15) is 4.79 Å². The lowest BCUT2D eigenvalue weighted by Crippen LogP contribution is -2.26. The summed E-state index contributed by atoms with van der Waals surface area (Å²) in [6, 6.07) is 13.1. The van der Waals surface area contributed by atoms with Crippen LogP contribution in [0.25, 0.3) is 0 Å². The van der Waals surface area contributed by atoms with E-state index in [4.69, 9.17) is 15.2 Å². The maximum Gasteiger partial charge on any atom is 0.251 e. The van der Waals surface area contributed by atoms with Crippen LogP contribution in [0.2, 0.25) is 0 Å². The standard InChI is InChI=1S/C19H24N2O3.ClH/c1-14-4-7-16(20)12-18(14)19(22)21-10-3-11-24-13-15-5-8-17(23-2)9-6-15;/h4-9,12H,3,10-11,13,20H2,1-2H3,(H,21,22);1H. The molecule has 0 atom stereocenters. The smallest absolute Gasteiger partial charge is 0.251 e. The van der Waals surface area contributed by atoms with Crippen molar-refractivity contribution in [2.24, 2.45) is 0 Å². The van der Waals surface area contributed by atoms with E-state index < -0.39 is 0 Å². The van der Waals surface area contributed by atoms with Gasteiger partial charge in [0, 0.05) is 24.4 Å². The highest BCUT2D eigenvalue weighted by molar-refractivity contribution is 5.96. The number of benzene rings is 2. The van der Waals surface area contributed by atoms with Crippen LogP contribution in [-0.4, -0.2) is 26.2 Å². The number of methoxy groups -OCH3 is 1. The average Bonchev–Trinajstić information content (AvgIpc) is 2.60. The van der Waals surface area contributed by atoms with Crippen molar-refractivity contribution in [1.29, 1.82) is 0 Å². The van der Waals surface area contributed by atoms with E-state index in [2.05, 4.69) is 5.32 Å². The lowest BCUT2D eigenvalue weighted by atomic mass is 10.1. The van der Waals surface area contributed by atoms with Crippen LogP contribution in [-0.2, 0) is 11.3 Å². The van der Waals surface area contributed by atoms with Crippen molar-refractivity contribution in [3.05, 3.63) is 59.2 Å². The van der Waals surface area contributed by atoms with E-state index >= 15 is 0 Å². The molecule has 3 N–H and O–H groups in total. The molecular weight excluding hydrogens is 340 g/mol. The Labute approximate surface area is 154 Å². The van der Waals surface area contributed by atoms with Crippen molar-refractivity contribution in [3.63, 3.8) is 0 Å².